The summed E-state index contributed by atoms with van der Waals surface area (Å²) >= 11 is 0. The zero-order valence-electron chi connectivity index (χ0n) is 12.8. The van der Waals surface area contributed by atoms with Crippen LogP contribution in [0.25, 0.3) is 11.4 Å². The molecule has 1 saturated heterocycles. The minimum atomic E-state index is -0.113. The van der Waals surface area contributed by atoms with Crippen LogP contribution >= 0.6 is 0 Å². The molecule has 1 fully saturated rings. The fraction of sp³-hybridized carbons (Fsp3) is 0.438. The number of rotatable bonds is 3. The van der Waals surface area contributed by atoms with Crippen molar-refractivity contribution >= 4 is 5.91 Å². The second-order valence-electron chi connectivity index (χ2n) is 5.41. The number of carbonyl (C=O) groups excluding carboxylic acids is 1. The molecular weight excluding hydrogens is 282 g/mol. The number of ether oxygens (including phenoxy) is 1. The molecule has 0 N–H and O–H groups in total. The van der Waals surface area contributed by atoms with Gasteiger partial charge < -0.3 is 14.2 Å². The average molecular weight is 301 g/mol. The molecule has 6 heteroatoms. The second kappa shape index (κ2) is 6.17. The Kier molecular flexibility index (Phi) is 4.09. The van der Waals surface area contributed by atoms with Gasteiger partial charge in [-0.15, -0.1) is 0 Å². The lowest BCUT2D eigenvalue weighted by atomic mass is 10.0. The summed E-state index contributed by atoms with van der Waals surface area (Å²) in [6.07, 6.45) is 2.94. The van der Waals surface area contributed by atoms with Crippen LogP contribution in [0.4, 0.5) is 0 Å². The average Bonchev–Trinajstić information content (AvgIpc) is 3.05. The van der Waals surface area contributed by atoms with E-state index in [4.69, 9.17) is 9.26 Å². The van der Waals surface area contributed by atoms with Gasteiger partial charge in [0.05, 0.1) is 7.11 Å². The predicted molar refractivity (Wildman–Crippen MR) is 80.3 cm³/mol. The maximum absolute atomic E-state index is 11.8. The van der Waals surface area contributed by atoms with Crippen LogP contribution in [0.3, 0.4) is 0 Å². The molecule has 1 aliphatic heterocycles. The molecule has 1 aliphatic rings. The van der Waals surface area contributed by atoms with Crippen LogP contribution in [-0.4, -0.2) is 34.6 Å². The summed E-state index contributed by atoms with van der Waals surface area (Å²) in [5, 5.41) is 4.05. The minimum Gasteiger partial charge on any atom is -0.497 e. The molecule has 0 aliphatic carbocycles. The van der Waals surface area contributed by atoms with Gasteiger partial charge in [-0.3, -0.25) is 4.79 Å². The highest BCUT2D eigenvalue weighted by molar-refractivity contribution is 5.73. The molecule has 1 aromatic carbocycles. The molecule has 116 valence electrons. The molecule has 1 atom stereocenters. The van der Waals surface area contributed by atoms with Gasteiger partial charge in [0.1, 0.15) is 11.8 Å². The Bertz CT molecular complexity index is 668. The molecule has 22 heavy (non-hydrogen) atoms. The van der Waals surface area contributed by atoms with Gasteiger partial charge in [-0.05, 0) is 31.4 Å². The maximum atomic E-state index is 11.8. The van der Waals surface area contributed by atoms with E-state index in [0.717, 1.165) is 37.1 Å². The van der Waals surface area contributed by atoms with Crippen molar-refractivity contribution in [1.29, 1.82) is 0 Å². The zero-order chi connectivity index (χ0) is 15.5. The monoisotopic (exact) mass is 301 g/mol. The number of carbonyl (C=O) groups is 1. The predicted octanol–water partition coefficient (Wildman–Crippen LogP) is 2.82. The van der Waals surface area contributed by atoms with Gasteiger partial charge in [-0.2, -0.15) is 4.98 Å². The van der Waals surface area contributed by atoms with Crippen molar-refractivity contribution in [3.8, 4) is 17.1 Å². The first-order valence-electron chi connectivity index (χ1n) is 7.44. The molecule has 0 spiro atoms. The molecular formula is C16H19N3O3. The van der Waals surface area contributed by atoms with E-state index in [-0.39, 0.29) is 11.9 Å². The number of benzene rings is 1. The van der Waals surface area contributed by atoms with Gasteiger partial charge in [0, 0.05) is 19.0 Å². The fourth-order valence-corrected chi connectivity index (χ4v) is 2.82. The van der Waals surface area contributed by atoms with Crippen molar-refractivity contribution in [3.05, 3.63) is 30.2 Å². The first-order chi connectivity index (χ1) is 10.7. The third-order valence-electron chi connectivity index (χ3n) is 3.96. The lowest BCUT2D eigenvalue weighted by molar-refractivity contribution is -0.133. The highest BCUT2D eigenvalue weighted by atomic mass is 16.5. The van der Waals surface area contributed by atoms with Crippen LogP contribution in [-0.2, 0) is 4.79 Å². The van der Waals surface area contributed by atoms with Gasteiger partial charge in [0.25, 0.3) is 0 Å². The molecule has 1 unspecified atom stereocenters. The number of aromatic nitrogens is 2. The second-order valence-corrected chi connectivity index (χ2v) is 5.41. The van der Waals surface area contributed by atoms with Crippen LogP contribution in [0.15, 0.2) is 28.8 Å². The highest BCUT2D eigenvalue weighted by Gasteiger charge is 2.30. The molecule has 2 heterocycles. The summed E-state index contributed by atoms with van der Waals surface area (Å²) in [5.74, 6) is 1.81. The summed E-state index contributed by atoms with van der Waals surface area (Å²) in [6.45, 7) is 2.33. The third-order valence-corrected chi connectivity index (χ3v) is 3.96. The van der Waals surface area contributed by atoms with E-state index in [1.54, 1.807) is 14.0 Å². The standard InChI is InChI=1S/C16H19N3O3/c1-11(20)19-9-4-3-8-14(19)16-17-15(18-22-16)12-6-5-7-13(10-12)21-2/h5-7,10,14H,3-4,8-9H2,1-2H3. The lowest BCUT2D eigenvalue weighted by Gasteiger charge is -2.32. The smallest absolute Gasteiger partial charge is 0.249 e. The highest BCUT2D eigenvalue weighted by Crippen LogP contribution is 2.31. The van der Waals surface area contributed by atoms with Gasteiger partial charge in [0.2, 0.25) is 17.6 Å². The molecule has 0 saturated carbocycles. The van der Waals surface area contributed by atoms with E-state index in [0.29, 0.717) is 11.7 Å². The van der Waals surface area contributed by atoms with Gasteiger partial charge in [-0.1, -0.05) is 17.3 Å². The Balaban J connectivity index is 1.87. The van der Waals surface area contributed by atoms with Crippen molar-refractivity contribution < 1.29 is 14.1 Å². The van der Waals surface area contributed by atoms with Crippen LogP contribution < -0.4 is 4.74 Å². The summed E-state index contributed by atoms with van der Waals surface area (Å²) < 4.78 is 10.6. The van der Waals surface area contributed by atoms with Gasteiger partial charge in [-0.25, -0.2) is 0 Å². The largest absolute Gasteiger partial charge is 0.497 e. The molecule has 1 amide bonds. The molecule has 1 aromatic heterocycles. The number of methoxy groups -OCH3 is 1. The number of hydrogen-bond donors (Lipinski definition) is 0. The SMILES string of the molecule is COc1cccc(-c2noc(C3CCCCN3C(C)=O)n2)c1. The topological polar surface area (TPSA) is 68.5 Å². The van der Waals surface area contributed by atoms with Crippen LogP contribution in [0, 0.1) is 0 Å². The van der Waals surface area contributed by atoms with Crippen molar-refractivity contribution in [2.24, 2.45) is 0 Å². The fourth-order valence-electron chi connectivity index (χ4n) is 2.82. The summed E-state index contributed by atoms with van der Waals surface area (Å²) in [5.41, 5.74) is 0.833. The van der Waals surface area contributed by atoms with Crippen molar-refractivity contribution in [2.75, 3.05) is 13.7 Å². The van der Waals surface area contributed by atoms with Gasteiger partial charge >= 0.3 is 0 Å². The Morgan fingerprint density at radius 1 is 1.41 bits per heavy atom. The zero-order valence-corrected chi connectivity index (χ0v) is 12.8. The van der Waals surface area contributed by atoms with Crippen LogP contribution in [0.1, 0.15) is 38.1 Å². The molecule has 3 rings (SSSR count). The number of nitrogens with zero attached hydrogens (tertiary/aromatic N) is 3. The summed E-state index contributed by atoms with van der Waals surface area (Å²) in [7, 11) is 1.62. The quantitative estimate of drug-likeness (QED) is 0.872. The summed E-state index contributed by atoms with van der Waals surface area (Å²) in [4.78, 5) is 18.1. The number of likely N-dealkylation sites (tertiary alicyclic amines) is 1. The first-order valence-corrected chi connectivity index (χ1v) is 7.44. The lowest BCUT2D eigenvalue weighted by Crippen LogP contribution is -2.37. The van der Waals surface area contributed by atoms with E-state index >= 15 is 0 Å². The Labute approximate surface area is 129 Å². The van der Waals surface area contributed by atoms with E-state index in [2.05, 4.69) is 10.1 Å². The number of amides is 1. The molecule has 6 nitrogen and oxygen atoms in total. The van der Waals surface area contributed by atoms with E-state index in [1.807, 2.05) is 29.2 Å². The van der Waals surface area contributed by atoms with Crippen molar-refractivity contribution in [3.63, 3.8) is 0 Å². The first kappa shape index (κ1) is 14.6. The number of hydrogen-bond acceptors (Lipinski definition) is 5. The van der Waals surface area contributed by atoms with Crippen molar-refractivity contribution in [2.45, 2.75) is 32.2 Å². The van der Waals surface area contributed by atoms with Crippen molar-refractivity contribution in [1.82, 2.24) is 15.0 Å². The molecule has 0 radical (unpaired) electrons. The summed E-state index contributed by atoms with van der Waals surface area (Å²) in [6, 6.07) is 7.40. The maximum Gasteiger partial charge on any atom is 0.249 e. The Morgan fingerprint density at radius 2 is 2.27 bits per heavy atom. The Morgan fingerprint density at radius 3 is 3.05 bits per heavy atom. The van der Waals surface area contributed by atoms with E-state index in [9.17, 15) is 4.79 Å². The van der Waals surface area contributed by atoms with Gasteiger partial charge in [0.15, 0.2) is 0 Å². The minimum absolute atomic E-state index is 0.0471. The third kappa shape index (κ3) is 2.81. The molecule has 0 bridgehead atoms. The Hall–Kier alpha value is -2.37. The number of piperidine rings is 1. The van der Waals surface area contributed by atoms with E-state index in [1.165, 1.54) is 0 Å². The van der Waals surface area contributed by atoms with Crippen LogP contribution in [0.5, 0.6) is 5.75 Å². The molecule has 2 aromatic rings. The van der Waals surface area contributed by atoms with Crippen LogP contribution in [0.2, 0.25) is 0 Å². The normalized spacial score (nSPS) is 18.3. The van der Waals surface area contributed by atoms with E-state index < -0.39 is 0 Å².